The monoisotopic (exact) mass is 397 g/mol. The molecule has 1 amide bonds. The summed E-state index contributed by atoms with van der Waals surface area (Å²) < 4.78 is 29.4. The predicted octanol–water partition coefficient (Wildman–Crippen LogP) is 3.61. The Labute approximate surface area is 167 Å². The van der Waals surface area contributed by atoms with Gasteiger partial charge in [-0.2, -0.15) is 0 Å². The molecular formula is C22H20FNO5. The van der Waals surface area contributed by atoms with Gasteiger partial charge in [0.05, 0.1) is 12.7 Å². The first-order chi connectivity index (χ1) is 14.1. The van der Waals surface area contributed by atoms with Crippen LogP contribution in [-0.4, -0.2) is 32.1 Å². The lowest BCUT2D eigenvalue weighted by Crippen LogP contribution is -2.30. The number of halogens is 1. The molecule has 7 heteroatoms. The van der Waals surface area contributed by atoms with Crippen molar-refractivity contribution in [2.75, 3.05) is 20.3 Å². The van der Waals surface area contributed by atoms with Gasteiger partial charge in [-0.15, -0.1) is 0 Å². The molecule has 1 aromatic heterocycles. The van der Waals surface area contributed by atoms with E-state index in [0.717, 1.165) is 11.3 Å². The van der Waals surface area contributed by atoms with Gasteiger partial charge in [0.15, 0.2) is 6.61 Å². The Morgan fingerprint density at radius 3 is 2.59 bits per heavy atom. The minimum Gasteiger partial charge on any atom is -0.496 e. The van der Waals surface area contributed by atoms with E-state index in [9.17, 15) is 14.0 Å². The van der Waals surface area contributed by atoms with Gasteiger partial charge in [-0.05, 0) is 42.3 Å². The van der Waals surface area contributed by atoms with Crippen LogP contribution >= 0.6 is 0 Å². The maximum Gasteiger partial charge on any atom is 0.374 e. The second kappa shape index (κ2) is 9.54. The molecular weight excluding hydrogens is 377 g/mol. The quantitative estimate of drug-likeness (QED) is 0.588. The van der Waals surface area contributed by atoms with Crippen LogP contribution < -0.4 is 10.1 Å². The van der Waals surface area contributed by atoms with Gasteiger partial charge >= 0.3 is 5.97 Å². The van der Waals surface area contributed by atoms with Gasteiger partial charge in [-0.25, -0.2) is 9.18 Å². The van der Waals surface area contributed by atoms with Crippen molar-refractivity contribution in [2.24, 2.45) is 0 Å². The summed E-state index contributed by atoms with van der Waals surface area (Å²) in [4.78, 5) is 23.9. The third-order valence-corrected chi connectivity index (χ3v) is 4.19. The summed E-state index contributed by atoms with van der Waals surface area (Å²) in [5, 5.41) is 2.68. The standard InChI is InChI=1S/C22H20FNO5/c1-27-18-9-5-2-6-15(18)12-13-24-21(25)14-28-22(26)20-11-10-19(29-20)16-7-3-4-8-17(16)23/h2-11H,12-14H2,1H3,(H,24,25). The molecule has 0 aliphatic carbocycles. The molecule has 0 radical (unpaired) electrons. The third kappa shape index (κ3) is 5.22. The van der Waals surface area contributed by atoms with E-state index in [1.54, 1.807) is 25.3 Å². The summed E-state index contributed by atoms with van der Waals surface area (Å²) in [5.74, 6) is -0.851. The Hall–Kier alpha value is -3.61. The number of carbonyl (C=O) groups is 2. The van der Waals surface area contributed by atoms with Crippen molar-refractivity contribution in [1.29, 1.82) is 0 Å². The summed E-state index contributed by atoms with van der Waals surface area (Å²) >= 11 is 0. The predicted molar refractivity (Wildman–Crippen MR) is 104 cm³/mol. The van der Waals surface area contributed by atoms with E-state index in [0.29, 0.717) is 13.0 Å². The van der Waals surface area contributed by atoms with Gasteiger partial charge in [-0.1, -0.05) is 30.3 Å². The molecule has 0 fully saturated rings. The molecule has 0 saturated heterocycles. The number of esters is 1. The smallest absolute Gasteiger partial charge is 0.374 e. The molecule has 0 saturated carbocycles. The highest BCUT2D eigenvalue weighted by Gasteiger charge is 2.16. The van der Waals surface area contributed by atoms with E-state index < -0.39 is 24.3 Å². The summed E-state index contributed by atoms with van der Waals surface area (Å²) in [7, 11) is 1.59. The number of hydrogen-bond acceptors (Lipinski definition) is 5. The molecule has 0 unspecified atom stereocenters. The van der Waals surface area contributed by atoms with E-state index in [1.807, 2.05) is 24.3 Å². The number of hydrogen-bond donors (Lipinski definition) is 1. The number of nitrogens with one attached hydrogen (secondary N) is 1. The zero-order valence-electron chi connectivity index (χ0n) is 15.8. The second-order valence-corrected chi connectivity index (χ2v) is 6.13. The summed E-state index contributed by atoms with van der Waals surface area (Å²) in [5.41, 5.74) is 1.20. The van der Waals surface area contributed by atoms with Crippen LogP contribution in [0.4, 0.5) is 4.39 Å². The maximum absolute atomic E-state index is 13.8. The SMILES string of the molecule is COc1ccccc1CCNC(=O)COC(=O)c1ccc(-c2ccccc2F)o1. The lowest BCUT2D eigenvalue weighted by Gasteiger charge is -2.09. The number of para-hydroxylation sites is 1. The molecule has 0 aliphatic rings. The van der Waals surface area contributed by atoms with Crippen LogP contribution in [0.15, 0.2) is 65.1 Å². The van der Waals surface area contributed by atoms with Crippen molar-refractivity contribution >= 4 is 11.9 Å². The average molecular weight is 397 g/mol. The molecule has 1 N–H and O–H groups in total. The molecule has 2 aromatic carbocycles. The number of ether oxygens (including phenoxy) is 2. The Bertz CT molecular complexity index is 998. The van der Waals surface area contributed by atoms with Gasteiger partial charge in [0, 0.05) is 6.54 Å². The molecule has 6 nitrogen and oxygen atoms in total. The van der Waals surface area contributed by atoms with Gasteiger partial charge in [0.2, 0.25) is 5.76 Å². The topological polar surface area (TPSA) is 77.8 Å². The maximum atomic E-state index is 13.8. The van der Waals surface area contributed by atoms with E-state index >= 15 is 0 Å². The Morgan fingerprint density at radius 2 is 1.79 bits per heavy atom. The van der Waals surface area contributed by atoms with Crippen molar-refractivity contribution < 1.29 is 27.9 Å². The van der Waals surface area contributed by atoms with Gasteiger partial charge in [0.25, 0.3) is 5.91 Å². The fourth-order valence-electron chi connectivity index (χ4n) is 2.75. The van der Waals surface area contributed by atoms with Crippen LogP contribution in [0.25, 0.3) is 11.3 Å². The van der Waals surface area contributed by atoms with E-state index in [-0.39, 0.29) is 17.1 Å². The lowest BCUT2D eigenvalue weighted by molar-refractivity contribution is -0.124. The average Bonchev–Trinajstić information content (AvgIpc) is 3.23. The highest BCUT2D eigenvalue weighted by atomic mass is 19.1. The van der Waals surface area contributed by atoms with Crippen molar-refractivity contribution in [3.63, 3.8) is 0 Å². The molecule has 150 valence electrons. The Kier molecular flexibility index (Phi) is 6.63. The largest absolute Gasteiger partial charge is 0.496 e. The molecule has 3 aromatic rings. The van der Waals surface area contributed by atoms with Crippen molar-refractivity contribution in [3.8, 4) is 17.1 Å². The Balaban J connectivity index is 1.47. The van der Waals surface area contributed by atoms with Crippen molar-refractivity contribution in [3.05, 3.63) is 77.8 Å². The first kappa shape index (κ1) is 20.1. The van der Waals surface area contributed by atoms with Gasteiger partial charge in [0.1, 0.15) is 17.3 Å². The van der Waals surface area contributed by atoms with E-state index in [4.69, 9.17) is 13.9 Å². The number of amides is 1. The highest BCUT2D eigenvalue weighted by molar-refractivity contribution is 5.89. The highest BCUT2D eigenvalue weighted by Crippen LogP contribution is 2.25. The normalized spacial score (nSPS) is 10.4. The van der Waals surface area contributed by atoms with Crippen molar-refractivity contribution in [2.45, 2.75) is 6.42 Å². The lowest BCUT2D eigenvalue weighted by atomic mass is 10.1. The molecule has 29 heavy (non-hydrogen) atoms. The van der Waals surface area contributed by atoms with Crippen LogP contribution in [0.3, 0.4) is 0 Å². The number of rotatable bonds is 8. The van der Waals surface area contributed by atoms with Crippen LogP contribution in [0.1, 0.15) is 16.1 Å². The number of benzene rings is 2. The number of methoxy groups -OCH3 is 1. The van der Waals surface area contributed by atoms with Crippen molar-refractivity contribution in [1.82, 2.24) is 5.32 Å². The fourth-order valence-corrected chi connectivity index (χ4v) is 2.75. The summed E-state index contributed by atoms with van der Waals surface area (Å²) in [6.07, 6.45) is 0.577. The van der Waals surface area contributed by atoms with Gasteiger partial charge < -0.3 is 19.2 Å². The zero-order valence-corrected chi connectivity index (χ0v) is 15.8. The van der Waals surface area contributed by atoms with Crippen LogP contribution in [0.5, 0.6) is 5.75 Å². The third-order valence-electron chi connectivity index (χ3n) is 4.19. The molecule has 0 aliphatic heterocycles. The number of furan rings is 1. The molecule has 0 spiro atoms. The van der Waals surface area contributed by atoms with Crippen LogP contribution in [0.2, 0.25) is 0 Å². The number of carbonyl (C=O) groups excluding carboxylic acids is 2. The first-order valence-corrected chi connectivity index (χ1v) is 8.99. The zero-order chi connectivity index (χ0) is 20.6. The molecule has 0 atom stereocenters. The molecule has 0 bridgehead atoms. The van der Waals surface area contributed by atoms with Gasteiger partial charge in [-0.3, -0.25) is 4.79 Å². The fraction of sp³-hybridized carbons (Fsp3) is 0.182. The van der Waals surface area contributed by atoms with Crippen LogP contribution in [-0.2, 0) is 16.0 Å². The minimum atomic E-state index is -0.799. The Morgan fingerprint density at radius 1 is 1.03 bits per heavy atom. The minimum absolute atomic E-state index is 0.106. The summed E-state index contributed by atoms with van der Waals surface area (Å²) in [6.45, 7) is -0.0740. The molecule has 1 heterocycles. The summed E-state index contributed by atoms with van der Waals surface area (Å²) in [6, 6.07) is 16.4. The van der Waals surface area contributed by atoms with E-state index in [2.05, 4.69) is 5.32 Å². The van der Waals surface area contributed by atoms with Crippen LogP contribution in [0, 0.1) is 5.82 Å². The molecule has 3 rings (SSSR count). The second-order valence-electron chi connectivity index (χ2n) is 6.13. The van der Waals surface area contributed by atoms with E-state index in [1.165, 1.54) is 18.2 Å². The first-order valence-electron chi connectivity index (χ1n) is 8.99.